The zero-order chi connectivity index (χ0) is 7.40. The Morgan fingerprint density at radius 1 is 1.40 bits per heavy atom. The molecular formula is C8H7O2. The van der Waals surface area contributed by atoms with E-state index in [0.717, 1.165) is 0 Å². The molecule has 0 aliphatic carbocycles. The summed E-state index contributed by atoms with van der Waals surface area (Å²) in [4.78, 5) is 9.89. The maximum absolute atomic E-state index is 9.89. The van der Waals surface area contributed by atoms with Crippen molar-refractivity contribution < 1.29 is 9.90 Å². The molecule has 10 heavy (non-hydrogen) atoms. The minimum Gasteiger partial charge on any atom is -0.508 e. The zero-order valence-electron chi connectivity index (χ0n) is 5.37. The van der Waals surface area contributed by atoms with E-state index in [0.29, 0.717) is 5.56 Å². The fraction of sp³-hybridized carbons (Fsp3) is 0.125. The largest absolute Gasteiger partial charge is 0.508 e. The number of rotatable bonds is 2. The standard InChI is InChI=1S/C8H7O2/c9-6-5-7-3-1-2-4-8(7)10/h1-4,10H,5H2. The number of benzene rings is 1. The van der Waals surface area contributed by atoms with Crippen molar-refractivity contribution >= 4 is 6.29 Å². The minimum atomic E-state index is 0.158. The zero-order valence-corrected chi connectivity index (χ0v) is 5.37. The van der Waals surface area contributed by atoms with Crippen LogP contribution in [0, 0.1) is 0 Å². The second-order valence-electron chi connectivity index (χ2n) is 1.95. The second-order valence-corrected chi connectivity index (χ2v) is 1.95. The Kier molecular flexibility index (Phi) is 2.05. The Bertz CT molecular complexity index is 230. The van der Waals surface area contributed by atoms with Crippen LogP contribution in [0.15, 0.2) is 24.3 Å². The normalized spacial score (nSPS) is 9.20. The third kappa shape index (κ3) is 1.35. The molecule has 1 radical (unpaired) electrons. The second kappa shape index (κ2) is 3.01. The molecule has 0 heterocycles. The molecule has 0 aromatic heterocycles. The van der Waals surface area contributed by atoms with Crippen LogP contribution in [-0.4, -0.2) is 11.4 Å². The van der Waals surface area contributed by atoms with E-state index in [-0.39, 0.29) is 12.2 Å². The molecule has 0 saturated heterocycles. The van der Waals surface area contributed by atoms with Gasteiger partial charge in [-0.25, -0.2) is 0 Å². The van der Waals surface area contributed by atoms with Gasteiger partial charge in [0.2, 0.25) is 6.29 Å². The molecule has 1 rings (SSSR count). The smallest absolute Gasteiger partial charge is 0.203 e. The topological polar surface area (TPSA) is 37.3 Å². The summed E-state index contributed by atoms with van der Waals surface area (Å²) < 4.78 is 0. The van der Waals surface area contributed by atoms with Gasteiger partial charge < -0.3 is 5.11 Å². The van der Waals surface area contributed by atoms with Gasteiger partial charge >= 0.3 is 0 Å². The minimum absolute atomic E-state index is 0.158. The summed E-state index contributed by atoms with van der Waals surface area (Å²) in [5.74, 6) is 0.158. The van der Waals surface area contributed by atoms with Crippen molar-refractivity contribution in [3.8, 4) is 5.75 Å². The quantitative estimate of drug-likeness (QED) is 0.658. The van der Waals surface area contributed by atoms with E-state index in [1.807, 2.05) is 0 Å². The van der Waals surface area contributed by atoms with Gasteiger partial charge in [0.25, 0.3) is 0 Å². The average Bonchev–Trinajstić information content (AvgIpc) is 1.94. The first kappa shape index (κ1) is 6.81. The highest BCUT2D eigenvalue weighted by molar-refractivity contribution is 5.57. The highest BCUT2D eigenvalue weighted by Gasteiger charge is 1.96. The molecule has 0 unspecified atom stereocenters. The number of carbonyl (C=O) groups excluding carboxylic acids is 1. The van der Waals surface area contributed by atoms with Gasteiger partial charge in [0.15, 0.2) is 0 Å². The van der Waals surface area contributed by atoms with Crippen LogP contribution in [0.3, 0.4) is 0 Å². The van der Waals surface area contributed by atoms with Crippen LogP contribution < -0.4 is 0 Å². The Balaban J connectivity index is 2.91. The molecule has 0 bridgehead atoms. The van der Waals surface area contributed by atoms with Crippen molar-refractivity contribution in [2.45, 2.75) is 6.42 Å². The van der Waals surface area contributed by atoms with Gasteiger partial charge in [-0.2, -0.15) is 0 Å². The Labute approximate surface area is 59.1 Å². The van der Waals surface area contributed by atoms with Crippen LogP contribution in [0.25, 0.3) is 0 Å². The van der Waals surface area contributed by atoms with Gasteiger partial charge in [-0.05, 0) is 6.07 Å². The van der Waals surface area contributed by atoms with E-state index in [1.54, 1.807) is 30.6 Å². The highest BCUT2D eigenvalue weighted by atomic mass is 16.3. The van der Waals surface area contributed by atoms with Crippen molar-refractivity contribution in [1.82, 2.24) is 0 Å². The van der Waals surface area contributed by atoms with Gasteiger partial charge in [-0.1, -0.05) is 18.2 Å². The van der Waals surface area contributed by atoms with E-state index < -0.39 is 0 Å². The Hall–Kier alpha value is -1.31. The summed E-state index contributed by atoms with van der Waals surface area (Å²) in [6.07, 6.45) is 1.87. The van der Waals surface area contributed by atoms with Crippen LogP contribution in [-0.2, 0) is 11.2 Å². The lowest BCUT2D eigenvalue weighted by Gasteiger charge is -1.96. The van der Waals surface area contributed by atoms with E-state index in [9.17, 15) is 4.79 Å². The number of phenols is 1. The molecule has 0 aliphatic rings. The molecule has 51 valence electrons. The fourth-order valence-corrected chi connectivity index (χ4v) is 0.738. The number of phenolic OH excluding ortho intramolecular Hbond substituents is 1. The molecule has 0 spiro atoms. The number of hydrogen-bond acceptors (Lipinski definition) is 2. The fourth-order valence-electron chi connectivity index (χ4n) is 0.738. The summed E-state index contributed by atoms with van der Waals surface area (Å²) in [5, 5.41) is 9.06. The lowest BCUT2D eigenvalue weighted by Crippen LogP contribution is -1.84. The first-order valence-electron chi connectivity index (χ1n) is 2.96. The first-order valence-corrected chi connectivity index (χ1v) is 2.96. The Morgan fingerprint density at radius 3 is 2.70 bits per heavy atom. The molecular weight excluding hydrogens is 128 g/mol. The van der Waals surface area contributed by atoms with Crippen molar-refractivity contribution in [2.24, 2.45) is 0 Å². The van der Waals surface area contributed by atoms with E-state index >= 15 is 0 Å². The highest BCUT2D eigenvalue weighted by Crippen LogP contribution is 2.14. The van der Waals surface area contributed by atoms with Crippen molar-refractivity contribution in [3.05, 3.63) is 29.8 Å². The van der Waals surface area contributed by atoms with Crippen molar-refractivity contribution in [2.75, 3.05) is 0 Å². The molecule has 1 N–H and O–H groups in total. The maximum atomic E-state index is 9.89. The van der Waals surface area contributed by atoms with Gasteiger partial charge in [0, 0.05) is 12.0 Å². The number of para-hydroxylation sites is 1. The average molecular weight is 135 g/mol. The molecule has 2 heteroatoms. The molecule has 0 fully saturated rings. The van der Waals surface area contributed by atoms with E-state index in [4.69, 9.17) is 5.11 Å². The molecule has 1 aromatic rings. The van der Waals surface area contributed by atoms with Gasteiger partial charge in [-0.15, -0.1) is 0 Å². The van der Waals surface area contributed by atoms with Crippen LogP contribution >= 0.6 is 0 Å². The van der Waals surface area contributed by atoms with Crippen LogP contribution in [0.4, 0.5) is 0 Å². The number of aromatic hydroxyl groups is 1. The molecule has 1 aromatic carbocycles. The van der Waals surface area contributed by atoms with Crippen LogP contribution in [0.2, 0.25) is 0 Å². The molecule has 2 nitrogen and oxygen atoms in total. The molecule has 0 amide bonds. The third-order valence-electron chi connectivity index (χ3n) is 1.25. The molecule has 0 atom stereocenters. The maximum Gasteiger partial charge on any atom is 0.203 e. The lowest BCUT2D eigenvalue weighted by molar-refractivity contribution is 0.469. The summed E-state index contributed by atoms with van der Waals surface area (Å²) in [6, 6.07) is 6.73. The summed E-state index contributed by atoms with van der Waals surface area (Å²) >= 11 is 0. The molecule has 0 aliphatic heterocycles. The third-order valence-corrected chi connectivity index (χ3v) is 1.25. The van der Waals surface area contributed by atoms with Crippen molar-refractivity contribution in [3.63, 3.8) is 0 Å². The van der Waals surface area contributed by atoms with Gasteiger partial charge in [0.1, 0.15) is 5.75 Å². The van der Waals surface area contributed by atoms with Crippen LogP contribution in [0.1, 0.15) is 5.56 Å². The summed E-state index contributed by atoms with van der Waals surface area (Å²) in [5.41, 5.74) is 0.623. The summed E-state index contributed by atoms with van der Waals surface area (Å²) in [7, 11) is 0. The van der Waals surface area contributed by atoms with Crippen LogP contribution in [0.5, 0.6) is 5.75 Å². The SMILES string of the molecule is O=[C]Cc1ccccc1O. The Morgan fingerprint density at radius 2 is 2.10 bits per heavy atom. The summed E-state index contributed by atoms with van der Waals surface area (Å²) in [6.45, 7) is 0. The number of hydrogen-bond donors (Lipinski definition) is 1. The van der Waals surface area contributed by atoms with E-state index in [1.165, 1.54) is 0 Å². The van der Waals surface area contributed by atoms with Crippen molar-refractivity contribution in [1.29, 1.82) is 0 Å². The molecule has 0 saturated carbocycles. The van der Waals surface area contributed by atoms with E-state index in [2.05, 4.69) is 0 Å². The first-order chi connectivity index (χ1) is 4.84. The lowest BCUT2D eigenvalue weighted by atomic mass is 10.1. The monoisotopic (exact) mass is 135 g/mol. The predicted octanol–water partition coefficient (Wildman–Crippen LogP) is 1.04. The predicted molar refractivity (Wildman–Crippen MR) is 37.5 cm³/mol. The van der Waals surface area contributed by atoms with Gasteiger partial charge in [0.05, 0.1) is 0 Å². The van der Waals surface area contributed by atoms with Gasteiger partial charge in [-0.3, -0.25) is 4.79 Å².